The van der Waals surface area contributed by atoms with Crippen LogP contribution in [0.1, 0.15) is 6.42 Å². The zero-order chi connectivity index (χ0) is 13.3. The zero-order valence-electron chi connectivity index (χ0n) is 9.21. The van der Waals surface area contributed by atoms with Gasteiger partial charge in [0.05, 0.1) is 0 Å². The highest BCUT2D eigenvalue weighted by molar-refractivity contribution is 7.89. The smallest absolute Gasteiger partial charge is 0.243 e. The second kappa shape index (κ2) is 4.87. The fourth-order valence-corrected chi connectivity index (χ4v) is 3.09. The molecule has 0 saturated carbocycles. The first-order valence-corrected chi connectivity index (χ1v) is 6.76. The van der Waals surface area contributed by atoms with Crippen LogP contribution in [0, 0.1) is 17.5 Å². The Bertz CT molecular complexity index is 556. The molecule has 0 amide bonds. The highest BCUT2D eigenvalue weighted by atomic mass is 32.2. The van der Waals surface area contributed by atoms with E-state index in [4.69, 9.17) is 0 Å². The van der Waals surface area contributed by atoms with Gasteiger partial charge in [-0.05, 0) is 19.0 Å². The molecular formula is C10H11F3N2O2S. The molecule has 1 saturated heterocycles. The quantitative estimate of drug-likeness (QED) is 0.803. The first-order valence-electron chi connectivity index (χ1n) is 5.28. The molecule has 0 aromatic heterocycles. The molecule has 2 rings (SSSR count). The fourth-order valence-electron chi connectivity index (χ4n) is 1.75. The Balaban J connectivity index is 2.31. The predicted octanol–water partition coefficient (Wildman–Crippen LogP) is 0.744. The lowest BCUT2D eigenvalue weighted by Gasteiger charge is -2.12. The molecule has 1 aromatic rings. The maximum Gasteiger partial charge on any atom is 0.243 e. The minimum Gasteiger partial charge on any atom is -0.315 e. The largest absolute Gasteiger partial charge is 0.315 e. The van der Waals surface area contributed by atoms with Crippen LogP contribution in [0.25, 0.3) is 0 Å². The van der Waals surface area contributed by atoms with Crippen LogP contribution in [-0.2, 0) is 10.0 Å². The third-order valence-electron chi connectivity index (χ3n) is 2.65. The van der Waals surface area contributed by atoms with Crippen LogP contribution in [0.4, 0.5) is 13.2 Å². The van der Waals surface area contributed by atoms with Crippen LogP contribution in [-0.4, -0.2) is 27.5 Å². The van der Waals surface area contributed by atoms with E-state index in [1.165, 1.54) is 0 Å². The Morgan fingerprint density at radius 1 is 1.17 bits per heavy atom. The van der Waals surface area contributed by atoms with E-state index >= 15 is 0 Å². The Labute approximate surface area is 102 Å². The van der Waals surface area contributed by atoms with Crippen LogP contribution >= 0.6 is 0 Å². The molecule has 0 radical (unpaired) electrons. The standard InChI is InChI=1S/C10H11F3N2O2S/c11-7-3-9(13)10(4-8(7)12)18(16,17)15-6-1-2-14-5-6/h3-4,6,14-15H,1-2,5H2. The molecule has 1 unspecified atom stereocenters. The lowest BCUT2D eigenvalue weighted by atomic mass is 10.3. The second-order valence-corrected chi connectivity index (χ2v) is 5.69. The minimum absolute atomic E-state index is 0.219. The summed E-state index contributed by atoms with van der Waals surface area (Å²) in [6, 6.07) is 0.189. The lowest BCUT2D eigenvalue weighted by molar-refractivity contribution is 0.480. The van der Waals surface area contributed by atoms with Gasteiger partial charge in [-0.3, -0.25) is 0 Å². The van der Waals surface area contributed by atoms with E-state index in [-0.39, 0.29) is 12.1 Å². The van der Waals surface area contributed by atoms with Crippen molar-refractivity contribution in [2.75, 3.05) is 13.1 Å². The highest BCUT2D eigenvalue weighted by Gasteiger charge is 2.26. The number of halogens is 3. The molecule has 1 atom stereocenters. The van der Waals surface area contributed by atoms with Gasteiger partial charge < -0.3 is 5.32 Å². The summed E-state index contributed by atoms with van der Waals surface area (Å²) in [6.07, 6.45) is 0.560. The van der Waals surface area contributed by atoms with E-state index in [0.717, 1.165) is 0 Å². The topological polar surface area (TPSA) is 58.2 Å². The van der Waals surface area contributed by atoms with Gasteiger partial charge in [-0.2, -0.15) is 0 Å². The van der Waals surface area contributed by atoms with Crippen molar-refractivity contribution in [3.05, 3.63) is 29.6 Å². The second-order valence-electron chi connectivity index (χ2n) is 4.01. The van der Waals surface area contributed by atoms with Crippen molar-refractivity contribution in [3.8, 4) is 0 Å². The van der Waals surface area contributed by atoms with Crippen molar-refractivity contribution in [1.29, 1.82) is 0 Å². The average molecular weight is 280 g/mol. The molecule has 8 heteroatoms. The van der Waals surface area contributed by atoms with Gasteiger partial charge in [0.25, 0.3) is 0 Å². The van der Waals surface area contributed by atoms with E-state index in [1.807, 2.05) is 0 Å². The molecule has 2 N–H and O–H groups in total. The van der Waals surface area contributed by atoms with Gasteiger partial charge in [-0.25, -0.2) is 26.3 Å². The third-order valence-corrected chi connectivity index (χ3v) is 4.18. The van der Waals surface area contributed by atoms with Gasteiger partial charge in [-0.15, -0.1) is 0 Å². The first kappa shape index (κ1) is 13.3. The maximum absolute atomic E-state index is 13.4. The van der Waals surface area contributed by atoms with Gasteiger partial charge in [0.15, 0.2) is 11.6 Å². The number of rotatable bonds is 3. The van der Waals surface area contributed by atoms with E-state index in [0.29, 0.717) is 25.6 Å². The Morgan fingerprint density at radius 2 is 1.83 bits per heavy atom. The van der Waals surface area contributed by atoms with E-state index in [2.05, 4.69) is 10.0 Å². The summed E-state index contributed by atoms with van der Waals surface area (Å²) in [4.78, 5) is -0.881. The molecule has 4 nitrogen and oxygen atoms in total. The third kappa shape index (κ3) is 2.65. The Hall–Kier alpha value is -1.12. The van der Waals surface area contributed by atoms with Crippen molar-refractivity contribution in [1.82, 2.24) is 10.0 Å². The van der Waals surface area contributed by atoms with Gasteiger partial charge in [-0.1, -0.05) is 0 Å². The molecule has 1 aliphatic rings. The SMILES string of the molecule is O=S(=O)(NC1CCNC1)c1cc(F)c(F)cc1F. The van der Waals surface area contributed by atoms with Crippen LogP contribution in [0.5, 0.6) is 0 Å². The number of benzene rings is 1. The van der Waals surface area contributed by atoms with Gasteiger partial charge in [0.2, 0.25) is 10.0 Å². The molecule has 1 aliphatic heterocycles. The summed E-state index contributed by atoms with van der Waals surface area (Å²) in [5.74, 6) is -4.14. The molecular weight excluding hydrogens is 269 g/mol. The van der Waals surface area contributed by atoms with Crippen LogP contribution in [0.3, 0.4) is 0 Å². The minimum atomic E-state index is -4.19. The maximum atomic E-state index is 13.4. The summed E-state index contributed by atoms with van der Waals surface area (Å²) in [7, 11) is -4.19. The van der Waals surface area contributed by atoms with Gasteiger partial charge in [0, 0.05) is 18.7 Å². The van der Waals surface area contributed by atoms with E-state index in [9.17, 15) is 21.6 Å². The number of hydrogen-bond donors (Lipinski definition) is 2. The number of sulfonamides is 1. The van der Waals surface area contributed by atoms with E-state index in [1.54, 1.807) is 0 Å². The lowest BCUT2D eigenvalue weighted by Crippen LogP contribution is -2.36. The van der Waals surface area contributed by atoms with Crippen molar-refractivity contribution >= 4 is 10.0 Å². The monoisotopic (exact) mass is 280 g/mol. The molecule has 0 aliphatic carbocycles. The van der Waals surface area contributed by atoms with Crippen molar-refractivity contribution < 1.29 is 21.6 Å². The molecule has 1 aromatic carbocycles. The van der Waals surface area contributed by atoms with Crippen LogP contribution < -0.4 is 10.0 Å². The summed E-state index contributed by atoms with van der Waals surface area (Å²) in [5.41, 5.74) is 0. The summed E-state index contributed by atoms with van der Waals surface area (Å²) < 4.78 is 64.9. The predicted molar refractivity (Wildman–Crippen MR) is 57.9 cm³/mol. The molecule has 18 heavy (non-hydrogen) atoms. The zero-order valence-corrected chi connectivity index (χ0v) is 10.0. The molecule has 0 bridgehead atoms. The summed E-state index contributed by atoms with van der Waals surface area (Å²) in [5, 5.41) is 2.93. The van der Waals surface area contributed by atoms with Crippen molar-refractivity contribution in [3.63, 3.8) is 0 Å². The fraction of sp³-hybridized carbons (Fsp3) is 0.400. The molecule has 1 heterocycles. The number of nitrogens with one attached hydrogen (secondary N) is 2. The van der Waals surface area contributed by atoms with Crippen molar-refractivity contribution in [2.24, 2.45) is 0 Å². The van der Waals surface area contributed by atoms with E-state index < -0.39 is 32.4 Å². The summed E-state index contributed by atoms with van der Waals surface area (Å²) >= 11 is 0. The molecule has 1 fully saturated rings. The molecule has 0 spiro atoms. The Morgan fingerprint density at radius 3 is 2.44 bits per heavy atom. The normalized spacial score (nSPS) is 20.3. The van der Waals surface area contributed by atoms with Gasteiger partial charge in [0.1, 0.15) is 10.7 Å². The van der Waals surface area contributed by atoms with Crippen LogP contribution in [0.15, 0.2) is 17.0 Å². The van der Waals surface area contributed by atoms with Crippen molar-refractivity contribution in [2.45, 2.75) is 17.4 Å². The van der Waals surface area contributed by atoms with Gasteiger partial charge >= 0.3 is 0 Å². The average Bonchev–Trinajstić information content (AvgIpc) is 2.75. The van der Waals surface area contributed by atoms with Crippen LogP contribution in [0.2, 0.25) is 0 Å². The Kier molecular flexibility index (Phi) is 3.60. The number of hydrogen-bond acceptors (Lipinski definition) is 3. The first-order chi connectivity index (χ1) is 8.40. The summed E-state index contributed by atoms with van der Waals surface area (Å²) in [6.45, 7) is 1.07. The highest BCUT2D eigenvalue weighted by Crippen LogP contribution is 2.19. The molecule has 100 valence electrons.